The zero-order valence-electron chi connectivity index (χ0n) is 17.1. The predicted molar refractivity (Wildman–Crippen MR) is 109 cm³/mol. The molecule has 0 amide bonds. The van der Waals surface area contributed by atoms with Crippen LogP contribution in [0.25, 0.3) is 0 Å². The second-order valence-electron chi connectivity index (χ2n) is 8.10. The van der Waals surface area contributed by atoms with Crippen molar-refractivity contribution in [3.05, 3.63) is 46.8 Å². The van der Waals surface area contributed by atoms with E-state index < -0.39 is 0 Å². The largest absolute Gasteiger partial charge is 0.492 e. The van der Waals surface area contributed by atoms with E-state index >= 15 is 0 Å². The molecule has 3 heterocycles. The molecule has 2 aliphatic rings. The third-order valence-electron chi connectivity index (χ3n) is 5.91. The van der Waals surface area contributed by atoms with Crippen molar-refractivity contribution in [1.82, 2.24) is 19.6 Å². The first-order valence-corrected chi connectivity index (χ1v) is 10.5. The summed E-state index contributed by atoms with van der Waals surface area (Å²) in [5, 5.41) is 14.3. The highest BCUT2D eigenvalue weighted by Crippen LogP contribution is 2.26. The molecule has 0 spiro atoms. The van der Waals surface area contributed by atoms with Gasteiger partial charge in [0.25, 0.3) is 0 Å². The number of aromatic nitrogens is 2. The van der Waals surface area contributed by atoms with Crippen molar-refractivity contribution in [2.24, 2.45) is 0 Å². The monoisotopic (exact) mass is 384 g/mol. The van der Waals surface area contributed by atoms with Gasteiger partial charge in [0.05, 0.1) is 11.8 Å². The lowest BCUT2D eigenvalue weighted by Crippen LogP contribution is -2.35. The average Bonchev–Trinajstić information content (AvgIpc) is 2.92. The quantitative estimate of drug-likeness (QED) is 0.859. The van der Waals surface area contributed by atoms with Gasteiger partial charge >= 0.3 is 0 Å². The highest BCUT2D eigenvalue weighted by molar-refractivity contribution is 5.38. The Morgan fingerprint density at radius 2 is 1.96 bits per heavy atom. The van der Waals surface area contributed by atoms with Gasteiger partial charge in [0, 0.05) is 63.1 Å². The predicted octanol–water partition coefficient (Wildman–Crippen LogP) is 2.56. The van der Waals surface area contributed by atoms with Crippen LogP contribution in [0.5, 0.6) is 5.75 Å². The zero-order valence-corrected chi connectivity index (χ0v) is 17.1. The van der Waals surface area contributed by atoms with Gasteiger partial charge in [-0.2, -0.15) is 5.10 Å². The lowest BCUT2D eigenvalue weighted by Gasteiger charge is -2.29. The smallest absolute Gasteiger partial charge is 0.123 e. The summed E-state index contributed by atoms with van der Waals surface area (Å²) in [7, 11) is 0. The number of aliphatic hydroxyl groups excluding tert-OH is 1. The van der Waals surface area contributed by atoms with Gasteiger partial charge in [-0.15, -0.1) is 0 Å². The van der Waals surface area contributed by atoms with Crippen molar-refractivity contribution in [1.29, 1.82) is 0 Å². The molecule has 0 atom stereocenters. The summed E-state index contributed by atoms with van der Waals surface area (Å²) >= 11 is 0. The van der Waals surface area contributed by atoms with Gasteiger partial charge in [-0.05, 0) is 44.4 Å². The minimum absolute atomic E-state index is 0.120. The molecule has 1 fully saturated rings. The molecule has 28 heavy (non-hydrogen) atoms. The molecule has 0 bridgehead atoms. The fourth-order valence-corrected chi connectivity index (χ4v) is 4.19. The first-order valence-electron chi connectivity index (χ1n) is 10.5. The van der Waals surface area contributed by atoms with Crippen LogP contribution in [-0.2, 0) is 26.2 Å². The Morgan fingerprint density at radius 3 is 2.71 bits per heavy atom. The number of nitrogens with zero attached hydrogens (tertiary/aromatic N) is 4. The van der Waals surface area contributed by atoms with E-state index in [0.29, 0.717) is 0 Å². The molecular formula is C22H32N4O2. The summed E-state index contributed by atoms with van der Waals surface area (Å²) < 4.78 is 8.04. The summed E-state index contributed by atoms with van der Waals surface area (Å²) in [5.41, 5.74) is 5.02. The van der Waals surface area contributed by atoms with Crippen molar-refractivity contribution < 1.29 is 9.84 Å². The maximum Gasteiger partial charge on any atom is 0.123 e. The third kappa shape index (κ3) is 4.57. The Kier molecular flexibility index (Phi) is 5.99. The van der Waals surface area contributed by atoms with Gasteiger partial charge in [0.1, 0.15) is 12.4 Å². The lowest BCUT2D eigenvalue weighted by molar-refractivity contribution is 0.0792. The van der Waals surface area contributed by atoms with Crippen LogP contribution in [-0.4, -0.2) is 57.0 Å². The Labute approximate surface area is 167 Å². The van der Waals surface area contributed by atoms with Crippen molar-refractivity contribution in [2.75, 3.05) is 26.2 Å². The molecule has 6 nitrogen and oxygen atoms in total. The summed E-state index contributed by atoms with van der Waals surface area (Å²) in [4.78, 5) is 4.89. The Morgan fingerprint density at radius 1 is 1.14 bits per heavy atom. The molecule has 0 radical (unpaired) electrons. The van der Waals surface area contributed by atoms with E-state index in [4.69, 9.17) is 4.74 Å². The molecule has 1 saturated heterocycles. The van der Waals surface area contributed by atoms with Crippen LogP contribution in [0.1, 0.15) is 42.1 Å². The number of benzene rings is 1. The van der Waals surface area contributed by atoms with Crippen LogP contribution in [0.2, 0.25) is 0 Å². The summed E-state index contributed by atoms with van der Waals surface area (Å²) in [6.07, 6.45) is 3.81. The normalized spacial score (nSPS) is 19.2. The van der Waals surface area contributed by atoms with Crippen molar-refractivity contribution >= 4 is 0 Å². The topological polar surface area (TPSA) is 53.8 Å². The van der Waals surface area contributed by atoms with Crippen LogP contribution in [0.15, 0.2) is 24.4 Å². The summed E-state index contributed by atoms with van der Waals surface area (Å²) in [5.74, 6) is 1.02. The summed E-state index contributed by atoms with van der Waals surface area (Å²) in [6.45, 7) is 11.5. The van der Waals surface area contributed by atoms with E-state index in [9.17, 15) is 5.11 Å². The van der Waals surface area contributed by atoms with Crippen molar-refractivity contribution in [3.63, 3.8) is 0 Å². The Bertz CT molecular complexity index is 796. The van der Waals surface area contributed by atoms with Crippen LogP contribution < -0.4 is 4.74 Å². The molecule has 1 aromatic heterocycles. The van der Waals surface area contributed by atoms with Gasteiger partial charge in [-0.25, -0.2) is 0 Å². The number of hydrogen-bond acceptors (Lipinski definition) is 5. The maximum absolute atomic E-state index is 9.71. The van der Waals surface area contributed by atoms with Gasteiger partial charge in [-0.1, -0.05) is 6.07 Å². The highest BCUT2D eigenvalue weighted by atomic mass is 16.5. The molecule has 6 heteroatoms. The minimum Gasteiger partial charge on any atom is -0.492 e. The van der Waals surface area contributed by atoms with E-state index in [0.717, 1.165) is 76.7 Å². The number of ether oxygens (including phenoxy) is 1. The second kappa shape index (κ2) is 8.64. The molecule has 152 valence electrons. The fourth-order valence-electron chi connectivity index (χ4n) is 4.19. The molecule has 0 aliphatic carbocycles. The minimum atomic E-state index is -0.120. The van der Waals surface area contributed by atoms with Crippen molar-refractivity contribution in [3.8, 4) is 5.75 Å². The number of piperidine rings is 1. The van der Waals surface area contributed by atoms with Crippen LogP contribution in [0.4, 0.5) is 0 Å². The molecule has 2 aliphatic heterocycles. The SMILES string of the molecule is CCn1cc(CN2CCOc3ccc(CN4CCC(O)CC4)cc3C2)c(C)n1. The van der Waals surface area contributed by atoms with Crippen LogP contribution >= 0.6 is 0 Å². The number of aryl methyl sites for hydroxylation is 2. The van der Waals surface area contributed by atoms with Crippen LogP contribution in [0, 0.1) is 6.92 Å². The number of rotatable bonds is 5. The highest BCUT2D eigenvalue weighted by Gasteiger charge is 2.20. The van der Waals surface area contributed by atoms with E-state index in [-0.39, 0.29) is 6.10 Å². The van der Waals surface area contributed by atoms with E-state index in [1.807, 2.05) is 4.68 Å². The first kappa shape index (κ1) is 19.4. The number of fused-ring (bicyclic) bond motifs is 1. The third-order valence-corrected chi connectivity index (χ3v) is 5.91. The van der Waals surface area contributed by atoms with Crippen LogP contribution in [0.3, 0.4) is 0 Å². The van der Waals surface area contributed by atoms with Gasteiger partial charge in [-0.3, -0.25) is 14.5 Å². The standard InChI is InChI=1S/C22H32N4O2/c1-3-26-16-20(17(2)23-26)15-25-10-11-28-22-5-4-18(12-19(22)14-25)13-24-8-6-21(27)7-9-24/h4-5,12,16,21,27H,3,6-11,13-15H2,1-2H3. The zero-order chi connectivity index (χ0) is 19.5. The molecule has 1 aromatic carbocycles. The fraction of sp³-hybridized carbons (Fsp3) is 0.591. The molecule has 4 rings (SSSR count). The van der Waals surface area contributed by atoms with E-state index in [1.165, 1.54) is 16.7 Å². The Balaban J connectivity index is 1.44. The van der Waals surface area contributed by atoms with Gasteiger partial charge in [0.2, 0.25) is 0 Å². The first-order chi connectivity index (χ1) is 13.6. The van der Waals surface area contributed by atoms with Gasteiger partial charge < -0.3 is 9.84 Å². The molecular weight excluding hydrogens is 352 g/mol. The number of hydrogen-bond donors (Lipinski definition) is 1. The molecule has 1 N–H and O–H groups in total. The van der Waals surface area contributed by atoms with E-state index in [1.54, 1.807) is 0 Å². The Hall–Kier alpha value is -1.89. The van der Waals surface area contributed by atoms with Gasteiger partial charge in [0.15, 0.2) is 0 Å². The number of aliphatic hydroxyl groups is 1. The second-order valence-corrected chi connectivity index (χ2v) is 8.10. The molecule has 2 aromatic rings. The van der Waals surface area contributed by atoms with E-state index in [2.05, 4.69) is 53.1 Å². The lowest BCUT2D eigenvalue weighted by atomic mass is 10.1. The molecule has 0 unspecified atom stereocenters. The average molecular weight is 385 g/mol. The van der Waals surface area contributed by atoms with Crippen molar-refractivity contribution in [2.45, 2.75) is 59.0 Å². The molecule has 0 saturated carbocycles. The summed E-state index contributed by atoms with van der Waals surface area (Å²) in [6, 6.07) is 6.63. The maximum atomic E-state index is 9.71. The number of likely N-dealkylation sites (tertiary alicyclic amines) is 1.